The number of nitrogens with zero attached hydrogens (tertiary/aromatic N) is 5. The molecule has 3 N–H and O–H groups in total. The normalized spacial score (nSPS) is 10.5. The number of aromatic nitrogens is 4. The van der Waals surface area contributed by atoms with E-state index in [4.69, 9.17) is 5.73 Å². The lowest BCUT2D eigenvalue weighted by atomic mass is 10.2. The Morgan fingerprint density at radius 2 is 2.25 bits per heavy atom. The van der Waals surface area contributed by atoms with Gasteiger partial charge in [-0.15, -0.1) is 0 Å². The van der Waals surface area contributed by atoms with E-state index in [1.165, 1.54) is 6.92 Å². The molecule has 0 bridgehead atoms. The molecule has 9 nitrogen and oxygen atoms in total. The number of hydrogen-bond donors (Lipinski definition) is 2. The molecule has 0 amide bonds. The highest BCUT2D eigenvalue weighted by Crippen LogP contribution is 2.25. The molecule has 0 unspecified atom stereocenters. The van der Waals surface area contributed by atoms with Gasteiger partial charge in [0.2, 0.25) is 11.8 Å². The molecule has 0 fully saturated rings. The lowest BCUT2D eigenvalue weighted by Crippen LogP contribution is -2.11. The summed E-state index contributed by atoms with van der Waals surface area (Å²) in [7, 11) is 1.83. The second-order valence-electron chi connectivity index (χ2n) is 4.32. The van der Waals surface area contributed by atoms with Gasteiger partial charge >= 0.3 is 5.69 Å². The van der Waals surface area contributed by atoms with Crippen LogP contribution in [-0.4, -0.2) is 31.2 Å². The molecule has 0 radical (unpaired) electrons. The Labute approximate surface area is 115 Å². The maximum atomic E-state index is 11.0. The summed E-state index contributed by atoms with van der Waals surface area (Å²) in [5.41, 5.74) is 6.64. The van der Waals surface area contributed by atoms with Gasteiger partial charge in [0.05, 0.1) is 11.1 Å². The number of nitro groups is 1. The molecule has 9 heteroatoms. The number of rotatable bonds is 5. The molecule has 0 aliphatic heterocycles. The third-order valence-electron chi connectivity index (χ3n) is 2.72. The van der Waals surface area contributed by atoms with Gasteiger partial charge in [0.1, 0.15) is 5.69 Å². The van der Waals surface area contributed by atoms with Gasteiger partial charge in [-0.1, -0.05) is 0 Å². The van der Waals surface area contributed by atoms with Crippen molar-refractivity contribution in [1.29, 1.82) is 0 Å². The first-order valence-corrected chi connectivity index (χ1v) is 5.97. The first-order chi connectivity index (χ1) is 9.47. The third kappa shape index (κ3) is 2.99. The zero-order valence-electron chi connectivity index (χ0n) is 11.2. The summed E-state index contributed by atoms with van der Waals surface area (Å²) in [6, 6.07) is 0. The molecule has 106 valence electrons. The van der Waals surface area contributed by atoms with Crippen LogP contribution in [0.2, 0.25) is 0 Å². The molecule has 2 aromatic rings. The fourth-order valence-corrected chi connectivity index (χ4v) is 1.86. The highest BCUT2D eigenvalue weighted by Gasteiger charge is 2.21. The van der Waals surface area contributed by atoms with Gasteiger partial charge in [0, 0.05) is 19.8 Å². The minimum absolute atomic E-state index is 0.0111. The number of nitrogens with one attached hydrogen (secondary N) is 1. The molecule has 20 heavy (non-hydrogen) atoms. The van der Waals surface area contributed by atoms with Crippen molar-refractivity contribution in [2.75, 3.05) is 17.6 Å². The summed E-state index contributed by atoms with van der Waals surface area (Å²) in [5.74, 6) is 0.154. The van der Waals surface area contributed by atoms with E-state index in [2.05, 4.69) is 20.4 Å². The van der Waals surface area contributed by atoms with E-state index in [9.17, 15) is 10.1 Å². The lowest BCUT2D eigenvalue weighted by Gasteiger charge is -2.07. The van der Waals surface area contributed by atoms with Gasteiger partial charge in [-0.3, -0.25) is 14.8 Å². The maximum absolute atomic E-state index is 11.0. The fourth-order valence-electron chi connectivity index (χ4n) is 1.86. The number of nitrogen functional groups attached to an aromatic ring is 1. The quantitative estimate of drug-likeness (QED) is 0.607. The zero-order chi connectivity index (χ0) is 14.7. The van der Waals surface area contributed by atoms with E-state index >= 15 is 0 Å². The molecule has 0 spiro atoms. The van der Waals surface area contributed by atoms with Crippen molar-refractivity contribution in [2.24, 2.45) is 7.05 Å². The number of hydrogen-bond acceptors (Lipinski definition) is 7. The van der Waals surface area contributed by atoms with Crippen molar-refractivity contribution in [3.63, 3.8) is 0 Å². The van der Waals surface area contributed by atoms with Gasteiger partial charge in [-0.2, -0.15) is 10.1 Å². The molecule has 0 atom stereocenters. The maximum Gasteiger partial charge on any atom is 0.332 e. The Morgan fingerprint density at radius 3 is 2.85 bits per heavy atom. The van der Waals surface area contributed by atoms with Crippen LogP contribution in [0.4, 0.5) is 17.5 Å². The summed E-state index contributed by atoms with van der Waals surface area (Å²) < 4.78 is 1.70. The Morgan fingerprint density at radius 1 is 1.50 bits per heavy atom. The summed E-state index contributed by atoms with van der Waals surface area (Å²) in [4.78, 5) is 18.2. The monoisotopic (exact) mass is 277 g/mol. The van der Waals surface area contributed by atoms with Crippen molar-refractivity contribution in [3.05, 3.63) is 33.8 Å². The lowest BCUT2D eigenvalue weighted by molar-refractivity contribution is -0.385. The average Bonchev–Trinajstić information content (AvgIpc) is 2.73. The van der Waals surface area contributed by atoms with Gasteiger partial charge in [-0.25, -0.2) is 4.98 Å². The highest BCUT2D eigenvalue weighted by atomic mass is 16.6. The van der Waals surface area contributed by atoms with Gasteiger partial charge in [0.15, 0.2) is 0 Å². The predicted molar refractivity (Wildman–Crippen MR) is 73.2 cm³/mol. The minimum Gasteiger partial charge on any atom is -0.368 e. The summed E-state index contributed by atoms with van der Waals surface area (Å²) in [5, 5.41) is 18.0. The van der Waals surface area contributed by atoms with Crippen LogP contribution in [0.3, 0.4) is 0 Å². The van der Waals surface area contributed by atoms with Crippen LogP contribution in [0.1, 0.15) is 11.3 Å². The first kappa shape index (κ1) is 13.7. The molecular formula is C11H15N7O2. The molecule has 2 heterocycles. The van der Waals surface area contributed by atoms with Crippen molar-refractivity contribution in [2.45, 2.75) is 13.3 Å². The Bertz CT molecular complexity index is 638. The van der Waals surface area contributed by atoms with Crippen molar-refractivity contribution in [3.8, 4) is 0 Å². The number of anilines is 2. The van der Waals surface area contributed by atoms with Crippen LogP contribution in [0, 0.1) is 17.0 Å². The van der Waals surface area contributed by atoms with Gasteiger partial charge < -0.3 is 11.1 Å². The minimum atomic E-state index is -0.513. The SMILES string of the molecule is Cc1nc(N)nc(NCCc2cnn(C)c2)c1[N+](=O)[O-]. The van der Waals surface area contributed by atoms with E-state index in [0.29, 0.717) is 13.0 Å². The second kappa shape index (κ2) is 5.51. The molecule has 0 saturated carbocycles. The molecule has 2 aromatic heterocycles. The molecule has 0 aromatic carbocycles. The van der Waals surface area contributed by atoms with E-state index in [0.717, 1.165) is 5.56 Å². The van der Waals surface area contributed by atoms with Gasteiger partial charge in [0.25, 0.3) is 0 Å². The standard InChI is InChI=1S/C11H15N7O2/c1-7-9(18(19)20)10(16-11(12)15-7)13-4-3-8-5-14-17(2)6-8/h5-6H,3-4H2,1-2H3,(H3,12,13,15,16). The summed E-state index contributed by atoms with van der Waals surface area (Å²) in [6.45, 7) is 2.02. The van der Waals surface area contributed by atoms with Crippen LogP contribution in [0.5, 0.6) is 0 Å². The zero-order valence-corrected chi connectivity index (χ0v) is 11.2. The molecule has 2 rings (SSSR count). The average molecular weight is 277 g/mol. The highest BCUT2D eigenvalue weighted by molar-refractivity contribution is 5.60. The van der Waals surface area contributed by atoms with Crippen LogP contribution < -0.4 is 11.1 Å². The Balaban J connectivity index is 2.10. The van der Waals surface area contributed by atoms with Gasteiger partial charge in [-0.05, 0) is 18.9 Å². The van der Waals surface area contributed by atoms with Crippen LogP contribution in [0.25, 0.3) is 0 Å². The largest absolute Gasteiger partial charge is 0.368 e. The second-order valence-corrected chi connectivity index (χ2v) is 4.32. The van der Waals surface area contributed by atoms with Crippen LogP contribution >= 0.6 is 0 Å². The van der Waals surface area contributed by atoms with E-state index in [-0.39, 0.29) is 23.1 Å². The van der Waals surface area contributed by atoms with Crippen molar-refractivity contribution < 1.29 is 4.92 Å². The van der Waals surface area contributed by atoms with Crippen molar-refractivity contribution in [1.82, 2.24) is 19.7 Å². The Kier molecular flexibility index (Phi) is 3.78. The van der Waals surface area contributed by atoms with Crippen LogP contribution in [0.15, 0.2) is 12.4 Å². The molecular weight excluding hydrogens is 262 g/mol. The van der Waals surface area contributed by atoms with Crippen molar-refractivity contribution >= 4 is 17.5 Å². The van der Waals surface area contributed by atoms with Crippen LogP contribution in [-0.2, 0) is 13.5 Å². The number of nitrogens with two attached hydrogens (primary N) is 1. The molecule has 0 aliphatic rings. The predicted octanol–water partition coefficient (Wildman–Crippen LogP) is 0.664. The third-order valence-corrected chi connectivity index (χ3v) is 2.72. The fraction of sp³-hybridized carbons (Fsp3) is 0.364. The summed E-state index contributed by atoms with van der Waals surface area (Å²) in [6.07, 6.45) is 4.30. The summed E-state index contributed by atoms with van der Waals surface area (Å²) >= 11 is 0. The smallest absolute Gasteiger partial charge is 0.332 e. The number of aryl methyl sites for hydroxylation is 2. The first-order valence-electron chi connectivity index (χ1n) is 5.97. The molecule has 0 saturated heterocycles. The van der Waals surface area contributed by atoms with E-state index in [1.54, 1.807) is 10.9 Å². The molecule has 0 aliphatic carbocycles. The Hall–Kier alpha value is -2.71. The van der Waals surface area contributed by atoms with E-state index < -0.39 is 4.92 Å². The van der Waals surface area contributed by atoms with E-state index in [1.807, 2.05) is 13.2 Å². The topological polar surface area (TPSA) is 125 Å².